The van der Waals surface area contributed by atoms with Crippen molar-refractivity contribution in [1.29, 1.82) is 0 Å². The lowest BCUT2D eigenvalue weighted by Crippen LogP contribution is -2.34. The second-order valence-corrected chi connectivity index (χ2v) is 5.27. The van der Waals surface area contributed by atoms with Gasteiger partial charge in [-0.3, -0.25) is 10.2 Å². The van der Waals surface area contributed by atoms with E-state index in [1.807, 2.05) is 26.0 Å². The van der Waals surface area contributed by atoms with Gasteiger partial charge in [-0.15, -0.1) is 0 Å². The summed E-state index contributed by atoms with van der Waals surface area (Å²) in [4.78, 5) is 11.7. The molecule has 5 heteroatoms. The molecule has 0 aliphatic carbocycles. The molecule has 0 spiro atoms. The number of hydrogen-bond donors (Lipinski definition) is 1. The molecule has 1 aromatic carbocycles. The SMILES string of the molecule is CCOc1cc2c(cc1/C=C/C(=O)NN(C)C)O[C@H](C)C2. The fourth-order valence-corrected chi connectivity index (χ4v) is 2.29. The Morgan fingerprint density at radius 2 is 2.29 bits per heavy atom. The average molecular weight is 290 g/mol. The number of amides is 1. The van der Waals surface area contributed by atoms with Gasteiger partial charge < -0.3 is 9.47 Å². The molecule has 114 valence electrons. The molecule has 1 amide bonds. The van der Waals surface area contributed by atoms with Crippen molar-refractivity contribution in [3.63, 3.8) is 0 Å². The van der Waals surface area contributed by atoms with Crippen LogP contribution in [-0.2, 0) is 11.2 Å². The zero-order valence-electron chi connectivity index (χ0n) is 13.0. The van der Waals surface area contributed by atoms with Gasteiger partial charge in [-0.2, -0.15) is 0 Å². The molecule has 5 nitrogen and oxygen atoms in total. The number of hydrazine groups is 1. The number of fused-ring (bicyclic) bond motifs is 1. The van der Waals surface area contributed by atoms with Crippen molar-refractivity contribution in [1.82, 2.24) is 10.4 Å². The van der Waals surface area contributed by atoms with Crippen molar-refractivity contribution in [2.45, 2.75) is 26.4 Å². The molecule has 2 rings (SSSR count). The van der Waals surface area contributed by atoms with Crippen LogP contribution < -0.4 is 14.9 Å². The summed E-state index contributed by atoms with van der Waals surface area (Å²) in [5.41, 5.74) is 4.66. The van der Waals surface area contributed by atoms with Gasteiger partial charge in [0.1, 0.15) is 17.6 Å². The Morgan fingerprint density at radius 1 is 1.52 bits per heavy atom. The second-order valence-electron chi connectivity index (χ2n) is 5.27. The number of rotatable bonds is 5. The highest BCUT2D eigenvalue weighted by molar-refractivity contribution is 5.91. The molecule has 0 saturated heterocycles. The van der Waals surface area contributed by atoms with Gasteiger partial charge in [-0.05, 0) is 32.1 Å². The molecule has 21 heavy (non-hydrogen) atoms. The first-order chi connectivity index (χ1) is 9.99. The molecule has 0 saturated carbocycles. The fourth-order valence-electron chi connectivity index (χ4n) is 2.29. The van der Waals surface area contributed by atoms with E-state index in [1.54, 1.807) is 25.2 Å². The van der Waals surface area contributed by atoms with Crippen LogP contribution in [0, 0.1) is 0 Å². The van der Waals surface area contributed by atoms with E-state index in [2.05, 4.69) is 5.43 Å². The van der Waals surface area contributed by atoms with Gasteiger partial charge in [0, 0.05) is 37.7 Å². The molecule has 1 atom stereocenters. The van der Waals surface area contributed by atoms with E-state index < -0.39 is 0 Å². The molecule has 0 radical (unpaired) electrons. The Morgan fingerprint density at radius 3 is 2.95 bits per heavy atom. The highest BCUT2D eigenvalue weighted by Crippen LogP contribution is 2.35. The average Bonchev–Trinajstić information content (AvgIpc) is 2.74. The van der Waals surface area contributed by atoms with E-state index in [4.69, 9.17) is 9.47 Å². The number of carbonyl (C=O) groups excluding carboxylic acids is 1. The molecule has 1 heterocycles. The van der Waals surface area contributed by atoms with E-state index in [-0.39, 0.29) is 12.0 Å². The van der Waals surface area contributed by atoms with Crippen molar-refractivity contribution in [3.8, 4) is 11.5 Å². The number of nitrogens with zero attached hydrogens (tertiary/aromatic N) is 1. The predicted octanol–water partition coefficient (Wildman–Crippen LogP) is 2.01. The van der Waals surface area contributed by atoms with Crippen LogP contribution >= 0.6 is 0 Å². The normalized spacial score (nSPS) is 16.9. The second kappa shape index (κ2) is 6.63. The van der Waals surface area contributed by atoms with Gasteiger partial charge in [0.15, 0.2) is 0 Å². The Bertz CT molecular complexity index is 553. The highest BCUT2D eigenvalue weighted by atomic mass is 16.5. The van der Waals surface area contributed by atoms with Crippen LogP contribution in [0.15, 0.2) is 18.2 Å². The summed E-state index contributed by atoms with van der Waals surface area (Å²) in [5, 5.41) is 1.60. The summed E-state index contributed by atoms with van der Waals surface area (Å²) >= 11 is 0. The number of carbonyl (C=O) groups is 1. The number of benzene rings is 1. The van der Waals surface area contributed by atoms with Gasteiger partial charge in [-0.1, -0.05) is 0 Å². The van der Waals surface area contributed by atoms with Gasteiger partial charge in [0.05, 0.1) is 6.61 Å². The molecule has 1 aliphatic heterocycles. The zero-order valence-corrected chi connectivity index (χ0v) is 13.0. The minimum atomic E-state index is -0.183. The van der Waals surface area contributed by atoms with Crippen LogP contribution in [0.3, 0.4) is 0 Å². The molecular formula is C16H22N2O3. The smallest absolute Gasteiger partial charge is 0.258 e. The summed E-state index contributed by atoms with van der Waals surface area (Å²) in [7, 11) is 3.53. The van der Waals surface area contributed by atoms with Crippen molar-refractivity contribution in [2.24, 2.45) is 0 Å². The van der Waals surface area contributed by atoms with Gasteiger partial charge >= 0.3 is 0 Å². The highest BCUT2D eigenvalue weighted by Gasteiger charge is 2.21. The largest absolute Gasteiger partial charge is 0.493 e. The lowest BCUT2D eigenvalue weighted by Gasteiger charge is -2.11. The first kappa shape index (κ1) is 15.4. The Labute approximate surface area is 125 Å². The quantitative estimate of drug-likeness (QED) is 0.666. The lowest BCUT2D eigenvalue weighted by atomic mass is 10.1. The summed E-state index contributed by atoms with van der Waals surface area (Å²) in [5.74, 6) is 1.47. The van der Waals surface area contributed by atoms with Crippen LogP contribution in [0.2, 0.25) is 0 Å². The summed E-state index contributed by atoms with van der Waals surface area (Å²) in [6.45, 7) is 4.57. The third-order valence-corrected chi connectivity index (χ3v) is 3.08. The third-order valence-electron chi connectivity index (χ3n) is 3.08. The summed E-state index contributed by atoms with van der Waals surface area (Å²) in [6.07, 6.45) is 4.31. The molecular weight excluding hydrogens is 268 g/mol. The molecule has 1 N–H and O–H groups in total. The van der Waals surface area contributed by atoms with E-state index >= 15 is 0 Å². The minimum Gasteiger partial charge on any atom is -0.493 e. The van der Waals surface area contributed by atoms with Crippen LogP contribution in [0.25, 0.3) is 6.08 Å². The van der Waals surface area contributed by atoms with Gasteiger partial charge in [0.2, 0.25) is 0 Å². The first-order valence-electron chi connectivity index (χ1n) is 7.12. The van der Waals surface area contributed by atoms with Gasteiger partial charge in [-0.25, -0.2) is 5.01 Å². The predicted molar refractivity (Wildman–Crippen MR) is 82.3 cm³/mol. The van der Waals surface area contributed by atoms with Crippen LogP contribution in [-0.4, -0.2) is 37.7 Å². The van der Waals surface area contributed by atoms with Crippen molar-refractivity contribution < 1.29 is 14.3 Å². The van der Waals surface area contributed by atoms with Crippen LogP contribution in [0.5, 0.6) is 11.5 Å². The van der Waals surface area contributed by atoms with Crippen LogP contribution in [0.4, 0.5) is 0 Å². The Hall–Kier alpha value is -2.01. The van der Waals surface area contributed by atoms with E-state index in [9.17, 15) is 4.79 Å². The topological polar surface area (TPSA) is 50.8 Å². The zero-order chi connectivity index (χ0) is 15.4. The molecule has 0 bridgehead atoms. The standard InChI is InChI=1S/C16H22N2O3/c1-5-20-14-10-13-8-11(2)21-15(13)9-12(14)6-7-16(19)17-18(3)4/h6-7,9-11H,5,8H2,1-4H3,(H,17,19)/b7-6+/t11-/m1/s1. The first-order valence-corrected chi connectivity index (χ1v) is 7.12. The number of ether oxygens (including phenoxy) is 2. The minimum absolute atomic E-state index is 0.183. The maximum atomic E-state index is 11.7. The summed E-state index contributed by atoms with van der Waals surface area (Å²) < 4.78 is 11.4. The molecule has 0 unspecified atom stereocenters. The van der Waals surface area contributed by atoms with Gasteiger partial charge in [0.25, 0.3) is 5.91 Å². The molecule has 0 aromatic heterocycles. The number of nitrogens with one attached hydrogen (secondary N) is 1. The molecule has 1 aliphatic rings. The Balaban J connectivity index is 2.23. The monoisotopic (exact) mass is 290 g/mol. The molecule has 1 aromatic rings. The van der Waals surface area contributed by atoms with Crippen LogP contribution in [0.1, 0.15) is 25.0 Å². The number of hydrogen-bond acceptors (Lipinski definition) is 4. The van der Waals surface area contributed by atoms with Crippen molar-refractivity contribution in [2.75, 3.05) is 20.7 Å². The van der Waals surface area contributed by atoms with E-state index in [1.165, 1.54) is 6.08 Å². The van der Waals surface area contributed by atoms with E-state index in [0.717, 1.165) is 29.0 Å². The third kappa shape index (κ3) is 3.98. The fraction of sp³-hybridized carbons (Fsp3) is 0.438. The maximum Gasteiger partial charge on any atom is 0.258 e. The Kier molecular flexibility index (Phi) is 4.85. The van der Waals surface area contributed by atoms with Crippen molar-refractivity contribution in [3.05, 3.63) is 29.3 Å². The van der Waals surface area contributed by atoms with Crippen molar-refractivity contribution >= 4 is 12.0 Å². The molecule has 0 fully saturated rings. The lowest BCUT2D eigenvalue weighted by molar-refractivity contribution is -0.119. The van der Waals surface area contributed by atoms with E-state index in [0.29, 0.717) is 6.61 Å². The summed E-state index contributed by atoms with van der Waals surface area (Å²) in [6, 6.07) is 3.94. The maximum absolute atomic E-state index is 11.7.